The average Bonchev–Trinajstić information content (AvgIpc) is 3.06. The molecule has 0 aliphatic carbocycles. The van der Waals surface area contributed by atoms with Gasteiger partial charge in [-0.1, -0.05) is 6.92 Å². The van der Waals surface area contributed by atoms with Crippen molar-refractivity contribution in [2.45, 2.75) is 20.3 Å². The molecular formula is C15H14N2OS2. The summed E-state index contributed by atoms with van der Waals surface area (Å²) in [5.41, 5.74) is 1.91. The van der Waals surface area contributed by atoms with Crippen LogP contribution in [0.4, 0.5) is 10.7 Å². The van der Waals surface area contributed by atoms with Crippen LogP contribution >= 0.6 is 22.7 Å². The van der Waals surface area contributed by atoms with Crippen molar-refractivity contribution in [1.29, 1.82) is 0 Å². The highest BCUT2D eigenvalue weighted by molar-refractivity contribution is 7.19. The summed E-state index contributed by atoms with van der Waals surface area (Å²) in [6.45, 7) is 4.10. The lowest BCUT2D eigenvalue weighted by Crippen LogP contribution is -1.82. The van der Waals surface area contributed by atoms with Crippen LogP contribution in [-0.4, -0.2) is 5.11 Å². The molecule has 0 saturated heterocycles. The minimum atomic E-state index is 0.330. The zero-order valence-corrected chi connectivity index (χ0v) is 12.9. The predicted molar refractivity (Wildman–Crippen MR) is 86.1 cm³/mol. The van der Waals surface area contributed by atoms with E-state index in [0.717, 1.165) is 37.6 Å². The topological polar surface area (TPSA) is 45.0 Å². The molecule has 1 aromatic carbocycles. The van der Waals surface area contributed by atoms with Crippen LogP contribution in [0.15, 0.2) is 39.9 Å². The molecule has 20 heavy (non-hydrogen) atoms. The third-order valence-corrected chi connectivity index (χ3v) is 4.91. The first-order valence-electron chi connectivity index (χ1n) is 6.39. The molecule has 0 aliphatic rings. The molecule has 102 valence electrons. The number of benzene rings is 1. The van der Waals surface area contributed by atoms with Crippen LogP contribution in [0, 0.1) is 6.92 Å². The smallest absolute Gasteiger partial charge is 0.138 e. The fraction of sp³-hybridized carbons (Fsp3) is 0.200. The van der Waals surface area contributed by atoms with Gasteiger partial charge in [0.05, 0.1) is 4.70 Å². The van der Waals surface area contributed by atoms with E-state index >= 15 is 0 Å². The van der Waals surface area contributed by atoms with Crippen molar-refractivity contribution in [2.24, 2.45) is 10.2 Å². The number of aryl methyl sites for hydroxylation is 2. The van der Waals surface area contributed by atoms with Crippen molar-refractivity contribution in [3.8, 4) is 5.75 Å². The van der Waals surface area contributed by atoms with Crippen LogP contribution in [-0.2, 0) is 6.42 Å². The van der Waals surface area contributed by atoms with Gasteiger partial charge in [0.1, 0.15) is 16.4 Å². The summed E-state index contributed by atoms with van der Waals surface area (Å²) >= 11 is 3.21. The predicted octanol–water partition coefficient (Wildman–Crippen LogP) is 5.95. The Morgan fingerprint density at radius 1 is 1.25 bits per heavy atom. The van der Waals surface area contributed by atoms with E-state index in [0.29, 0.717) is 5.75 Å². The van der Waals surface area contributed by atoms with E-state index in [1.54, 1.807) is 28.7 Å². The van der Waals surface area contributed by atoms with Crippen LogP contribution in [0.3, 0.4) is 0 Å². The summed E-state index contributed by atoms with van der Waals surface area (Å²) in [6.07, 6.45) is 0.819. The summed E-state index contributed by atoms with van der Waals surface area (Å²) in [7, 11) is 0. The fourth-order valence-electron chi connectivity index (χ4n) is 2.14. The summed E-state index contributed by atoms with van der Waals surface area (Å²) < 4.78 is 1.01. The molecule has 0 aliphatic heterocycles. The van der Waals surface area contributed by atoms with E-state index in [-0.39, 0.29) is 0 Å². The van der Waals surface area contributed by atoms with Gasteiger partial charge in [-0.15, -0.1) is 32.9 Å². The van der Waals surface area contributed by atoms with Crippen LogP contribution in [0.25, 0.3) is 10.1 Å². The molecule has 0 atom stereocenters. The Bertz CT molecular complexity index is 773. The quantitative estimate of drug-likeness (QED) is 0.596. The number of phenolic OH excluding ortho intramolecular Hbond substituents is 1. The largest absolute Gasteiger partial charge is 0.507 e. The van der Waals surface area contributed by atoms with E-state index in [1.165, 1.54) is 0 Å². The molecular weight excluding hydrogens is 288 g/mol. The molecule has 2 aromatic heterocycles. The second-order valence-electron chi connectivity index (χ2n) is 4.51. The highest BCUT2D eigenvalue weighted by Crippen LogP contribution is 2.42. The normalized spacial score (nSPS) is 11.7. The van der Waals surface area contributed by atoms with Gasteiger partial charge >= 0.3 is 0 Å². The SMILES string of the molecule is CCc1cc(O)c2cc(C)sc2c1N=Nc1cccs1. The molecule has 1 N–H and O–H groups in total. The van der Waals surface area contributed by atoms with E-state index in [1.807, 2.05) is 30.5 Å². The summed E-state index contributed by atoms with van der Waals surface area (Å²) in [6, 6.07) is 7.70. The monoisotopic (exact) mass is 302 g/mol. The Morgan fingerprint density at radius 3 is 2.80 bits per heavy atom. The van der Waals surface area contributed by atoms with Crippen molar-refractivity contribution in [2.75, 3.05) is 0 Å². The maximum atomic E-state index is 10.1. The second kappa shape index (κ2) is 5.34. The maximum Gasteiger partial charge on any atom is 0.138 e. The van der Waals surface area contributed by atoms with Crippen molar-refractivity contribution in [3.05, 3.63) is 40.1 Å². The first-order valence-corrected chi connectivity index (χ1v) is 8.09. The molecule has 3 rings (SSSR count). The first kappa shape index (κ1) is 13.3. The first-order chi connectivity index (χ1) is 9.69. The minimum absolute atomic E-state index is 0.330. The van der Waals surface area contributed by atoms with Gasteiger partial charge in [-0.25, -0.2) is 0 Å². The van der Waals surface area contributed by atoms with Gasteiger partial charge in [-0.3, -0.25) is 0 Å². The Labute approximate surface area is 125 Å². The molecule has 0 saturated carbocycles. The Hall–Kier alpha value is -1.72. The van der Waals surface area contributed by atoms with Gasteiger partial charge in [0.2, 0.25) is 0 Å². The van der Waals surface area contributed by atoms with Gasteiger partial charge in [-0.2, -0.15) is 0 Å². The van der Waals surface area contributed by atoms with Gasteiger partial charge in [0.25, 0.3) is 0 Å². The Balaban J connectivity index is 2.19. The molecule has 3 aromatic rings. The lowest BCUT2D eigenvalue weighted by Gasteiger charge is -2.05. The van der Waals surface area contributed by atoms with Gasteiger partial charge in [0.15, 0.2) is 0 Å². The number of hydrogen-bond acceptors (Lipinski definition) is 5. The lowest BCUT2D eigenvalue weighted by atomic mass is 10.1. The third kappa shape index (κ3) is 2.34. The Kier molecular flexibility index (Phi) is 3.54. The van der Waals surface area contributed by atoms with Crippen LogP contribution in [0.1, 0.15) is 17.4 Å². The maximum absolute atomic E-state index is 10.1. The number of phenols is 1. The van der Waals surface area contributed by atoms with Gasteiger partial charge < -0.3 is 5.11 Å². The zero-order chi connectivity index (χ0) is 14.1. The molecule has 0 spiro atoms. The van der Waals surface area contributed by atoms with E-state index in [4.69, 9.17) is 0 Å². The molecule has 5 heteroatoms. The third-order valence-electron chi connectivity index (χ3n) is 3.10. The molecule has 2 heterocycles. The molecule has 0 amide bonds. The van der Waals surface area contributed by atoms with Gasteiger partial charge in [-0.05, 0) is 48.6 Å². The molecule has 0 radical (unpaired) electrons. The minimum Gasteiger partial charge on any atom is -0.507 e. The number of thiophene rings is 2. The number of hydrogen-bond donors (Lipinski definition) is 1. The number of fused-ring (bicyclic) bond motifs is 1. The summed E-state index contributed by atoms with van der Waals surface area (Å²) in [5, 5.41) is 22.6. The second-order valence-corrected chi connectivity index (χ2v) is 6.69. The van der Waals surface area contributed by atoms with Crippen molar-refractivity contribution in [1.82, 2.24) is 0 Å². The number of aromatic hydroxyl groups is 1. The molecule has 0 bridgehead atoms. The number of azo groups is 1. The number of rotatable bonds is 3. The highest BCUT2D eigenvalue weighted by Gasteiger charge is 2.13. The van der Waals surface area contributed by atoms with Crippen LogP contribution < -0.4 is 0 Å². The Morgan fingerprint density at radius 2 is 2.10 bits per heavy atom. The molecule has 0 unspecified atom stereocenters. The van der Waals surface area contributed by atoms with Crippen molar-refractivity contribution < 1.29 is 5.11 Å². The zero-order valence-electron chi connectivity index (χ0n) is 11.3. The summed E-state index contributed by atoms with van der Waals surface area (Å²) in [4.78, 5) is 1.16. The van der Waals surface area contributed by atoms with Crippen LogP contribution in [0.5, 0.6) is 5.75 Å². The fourth-order valence-corrected chi connectivity index (χ4v) is 3.73. The number of nitrogens with zero attached hydrogens (tertiary/aromatic N) is 2. The van der Waals surface area contributed by atoms with E-state index in [2.05, 4.69) is 17.2 Å². The average molecular weight is 302 g/mol. The standard InChI is InChI=1S/C15H14N2OS2/c1-3-10-8-12(18)11-7-9(2)20-15(11)14(10)17-16-13-5-4-6-19-13/h4-8,18H,3H2,1-2H3. The van der Waals surface area contributed by atoms with Crippen molar-refractivity contribution in [3.63, 3.8) is 0 Å². The van der Waals surface area contributed by atoms with Crippen LogP contribution in [0.2, 0.25) is 0 Å². The van der Waals surface area contributed by atoms with E-state index in [9.17, 15) is 5.11 Å². The highest BCUT2D eigenvalue weighted by atomic mass is 32.1. The van der Waals surface area contributed by atoms with Gasteiger partial charge in [0, 0.05) is 10.3 Å². The van der Waals surface area contributed by atoms with Crippen molar-refractivity contribution >= 4 is 43.4 Å². The van der Waals surface area contributed by atoms with E-state index < -0.39 is 0 Å². The molecule has 3 nitrogen and oxygen atoms in total. The lowest BCUT2D eigenvalue weighted by molar-refractivity contribution is 0.481. The molecule has 0 fully saturated rings. The summed E-state index contributed by atoms with van der Waals surface area (Å²) in [5.74, 6) is 0.330.